The molecule has 0 spiro atoms. The number of nitrogens with zero attached hydrogens (tertiary/aromatic N) is 1. The second kappa shape index (κ2) is 8.72. The molecule has 0 bridgehead atoms. The first-order valence-electron chi connectivity index (χ1n) is 9.04. The van der Waals surface area contributed by atoms with Gasteiger partial charge in [0, 0.05) is 32.0 Å². The molecule has 1 atom stereocenters. The topological polar surface area (TPSA) is 84.9 Å². The molecule has 28 heavy (non-hydrogen) atoms. The number of rotatable bonds is 7. The Kier molecular flexibility index (Phi) is 6.33. The number of carbonyl (C=O) groups excluding carboxylic acids is 1. The zero-order valence-electron chi connectivity index (χ0n) is 15.9. The van der Waals surface area contributed by atoms with E-state index in [1.165, 1.54) is 26.2 Å². The van der Waals surface area contributed by atoms with Crippen LogP contribution in [0.2, 0.25) is 0 Å². The molecule has 1 N–H and O–H groups in total. The van der Waals surface area contributed by atoms with Crippen LogP contribution >= 0.6 is 0 Å². The number of ether oxygens (including phenoxy) is 2. The van der Waals surface area contributed by atoms with E-state index in [-0.39, 0.29) is 16.9 Å². The van der Waals surface area contributed by atoms with Gasteiger partial charge in [-0.2, -0.15) is 0 Å². The maximum absolute atomic E-state index is 12.4. The van der Waals surface area contributed by atoms with Gasteiger partial charge in [0.1, 0.15) is 12.4 Å². The minimum absolute atomic E-state index is 0.141. The van der Waals surface area contributed by atoms with Crippen molar-refractivity contribution in [3.8, 4) is 5.75 Å². The van der Waals surface area contributed by atoms with Gasteiger partial charge in [0.25, 0.3) is 5.91 Å². The zero-order valence-corrected chi connectivity index (χ0v) is 16.7. The number of amides is 1. The number of hydrogen-bond donors (Lipinski definition) is 1. The summed E-state index contributed by atoms with van der Waals surface area (Å²) >= 11 is 0. The highest BCUT2D eigenvalue weighted by atomic mass is 32.2. The Morgan fingerprint density at radius 2 is 1.82 bits per heavy atom. The van der Waals surface area contributed by atoms with Crippen LogP contribution in [0.5, 0.6) is 5.75 Å². The van der Waals surface area contributed by atoms with E-state index in [1.807, 2.05) is 0 Å². The van der Waals surface area contributed by atoms with E-state index in [9.17, 15) is 13.2 Å². The van der Waals surface area contributed by atoms with Crippen LogP contribution in [0.15, 0.2) is 53.4 Å². The molecule has 3 rings (SSSR count). The van der Waals surface area contributed by atoms with Crippen LogP contribution in [0.3, 0.4) is 0 Å². The summed E-state index contributed by atoms with van der Waals surface area (Å²) in [6, 6.07) is 12.9. The second-order valence-corrected chi connectivity index (χ2v) is 8.89. The molecule has 2 aromatic rings. The number of benzene rings is 2. The van der Waals surface area contributed by atoms with Crippen molar-refractivity contribution in [1.29, 1.82) is 0 Å². The van der Waals surface area contributed by atoms with E-state index in [2.05, 4.69) is 5.32 Å². The fourth-order valence-electron chi connectivity index (χ4n) is 2.79. The summed E-state index contributed by atoms with van der Waals surface area (Å²) < 4.78 is 36.5. The molecule has 150 valence electrons. The van der Waals surface area contributed by atoms with Gasteiger partial charge in [0.05, 0.1) is 11.0 Å². The molecule has 1 aliphatic rings. The van der Waals surface area contributed by atoms with Crippen molar-refractivity contribution in [3.05, 3.63) is 54.1 Å². The van der Waals surface area contributed by atoms with E-state index in [0.717, 1.165) is 23.8 Å². The summed E-state index contributed by atoms with van der Waals surface area (Å²) in [7, 11) is -0.550. The molecular formula is C20H24N2O5S. The van der Waals surface area contributed by atoms with E-state index >= 15 is 0 Å². The Bertz CT molecular complexity index is 903. The molecule has 1 saturated heterocycles. The van der Waals surface area contributed by atoms with Gasteiger partial charge in [-0.3, -0.25) is 4.79 Å². The van der Waals surface area contributed by atoms with E-state index in [0.29, 0.717) is 23.6 Å². The van der Waals surface area contributed by atoms with Crippen molar-refractivity contribution in [1.82, 2.24) is 4.31 Å². The van der Waals surface area contributed by atoms with Gasteiger partial charge >= 0.3 is 0 Å². The third kappa shape index (κ3) is 4.89. The molecule has 0 saturated carbocycles. The van der Waals surface area contributed by atoms with E-state index < -0.39 is 10.0 Å². The Labute approximate surface area is 165 Å². The lowest BCUT2D eigenvalue weighted by atomic mass is 10.2. The summed E-state index contributed by atoms with van der Waals surface area (Å²) in [4.78, 5) is 12.6. The van der Waals surface area contributed by atoms with Crippen LogP contribution in [0.1, 0.15) is 23.2 Å². The molecule has 0 aliphatic carbocycles. The largest absolute Gasteiger partial charge is 0.491 e. The van der Waals surface area contributed by atoms with Crippen molar-refractivity contribution in [2.75, 3.05) is 32.6 Å². The van der Waals surface area contributed by atoms with Gasteiger partial charge in [-0.15, -0.1) is 0 Å². The predicted octanol–water partition coefficient (Wildman–Crippen LogP) is 2.75. The lowest BCUT2D eigenvalue weighted by molar-refractivity contribution is 0.0679. The number of anilines is 1. The van der Waals surface area contributed by atoms with Crippen LogP contribution in [0.4, 0.5) is 5.69 Å². The average molecular weight is 404 g/mol. The van der Waals surface area contributed by atoms with Crippen LogP contribution < -0.4 is 10.1 Å². The summed E-state index contributed by atoms with van der Waals surface area (Å²) in [6.45, 7) is 1.29. The number of carbonyl (C=O) groups is 1. The van der Waals surface area contributed by atoms with Crippen LogP contribution in [0, 0.1) is 0 Å². The molecule has 1 fully saturated rings. The molecule has 2 aromatic carbocycles. The smallest absolute Gasteiger partial charge is 0.255 e. The second-order valence-electron chi connectivity index (χ2n) is 6.74. The summed E-state index contributed by atoms with van der Waals surface area (Å²) in [6.07, 6.45) is 2.21. The number of nitrogens with one attached hydrogen (secondary N) is 1. The van der Waals surface area contributed by atoms with Crippen molar-refractivity contribution in [2.24, 2.45) is 0 Å². The van der Waals surface area contributed by atoms with Gasteiger partial charge < -0.3 is 14.8 Å². The molecular weight excluding hydrogens is 380 g/mol. The third-order valence-corrected chi connectivity index (χ3v) is 6.30. The number of hydrogen-bond acceptors (Lipinski definition) is 5. The maximum Gasteiger partial charge on any atom is 0.255 e. The molecule has 0 aromatic heterocycles. The van der Waals surface area contributed by atoms with Crippen LogP contribution in [-0.2, 0) is 14.8 Å². The summed E-state index contributed by atoms with van der Waals surface area (Å²) in [5, 5.41) is 2.75. The van der Waals surface area contributed by atoms with Crippen molar-refractivity contribution >= 4 is 21.6 Å². The Morgan fingerprint density at radius 1 is 1.14 bits per heavy atom. The third-order valence-electron chi connectivity index (χ3n) is 4.47. The summed E-state index contributed by atoms with van der Waals surface area (Å²) in [5.74, 6) is 0.402. The molecule has 1 aliphatic heterocycles. The lowest BCUT2D eigenvalue weighted by Crippen LogP contribution is -2.22. The van der Waals surface area contributed by atoms with E-state index in [4.69, 9.17) is 9.47 Å². The molecule has 1 amide bonds. The highest BCUT2D eigenvalue weighted by Gasteiger charge is 2.17. The quantitative estimate of drug-likeness (QED) is 0.767. The Morgan fingerprint density at radius 3 is 2.39 bits per heavy atom. The number of sulfonamides is 1. The SMILES string of the molecule is CN(C)S(=O)(=O)c1ccc(NC(=O)c2ccc(OCC3CCCO3)cc2)cc1. The van der Waals surface area contributed by atoms with Crippen LogP contribution in [0.25, 0.3) is 0 Å². The van der Waals surface area contributed by atoms with Crippen molar-refractivity contribution in [2.45, 2.75) is 23.8 Å². The Hall–Kier alpha value is -2.42. The van der Waals surface area contributed by atoms with Crippen LogP contribution in [-0.4, -0.2) is 52.0 Å². The monoisotopic (exact) mass is 404 g/mol. The molecule has 7 nitrogen and oxygen atoms in total. The highest BCUT2D eigenvalue weighted by Crippen LogP contribution is 2.19. The van der Waals surface area contributed by atoms with Gasteiger partial charge in [-0.1, -0.05) is 0 Å². The zero-order chi connectivity index (χ0) is 20.1. The average Bonchev–Trinajstić information content (AvgIpc) is 3.20. The molecule has 1 heterocycles. The minimum Gasteiger partial charge on any atom is -0.491 e. The van der Waals surface area contributed by atoms with Gasteiger partial charge in [-0.05, 0) is 61.4 Å². The first-order valence-corrected chi connectivity index (χ1v) is 10.5. The van der Waals surface area contributed by atoms with Gasteiger partial charge in [-0.25, -0.2) is 12.7 Å². The van der Waals surface area contributed by atoms with Gasteiger partial charge in [0.15, 0.2) is 0 Å². The fourth-order valence-corrected chi connectivity index (χ4v) is 3.69. The molecule has 8 heteroatoms. The highest BCUT2D eigenvalue weighted by molar-refractivity contribution is 7.89. The van der Waals surface area contributed by atoms with Crippen molar-refractivity contribution < 1.29 is 22.7 Å². The predicted molar refractivity (Wildman–Crippen MR) is 106 cm³/mol. The minimum atomic E-state index is -3.49. The first kappa shape index (κ1) is 20.3. The lowest BCUT2D eigenvalue weighted by Gasteiger charge is -2.12. The van der Waals surface area contributed by atoms with Gasteiger partial charge in [0.2, 0.25) is 10.0 Å². The Balaban J connectivity index is 1.58. The standard InChI is InChI=1S/C20H24N2O5S/c1-22(2)28(24,25)19-11-7-16(8-12-19)21-20(23)15-5-9-17(10-6-15)27-14-18-4-3-13-26-18/h5-12,18H,3-4,13-14H2,1-2H3,(H,21,23). The summed E-state index contributed by atoms with van der Waals surface area (Å²) in [5.41, 5.74) is 0.996. The fraction of sp³-hybridized carbons (Fsp3) is 0.350. The molecule has 1 unspecified atom stereocenters. The molecule has 0 radical (unpaired) electrons. The maximum atomic E-state index is 12.4. The van der Waals surface area contributed by atoms with E-state index in [1.54, 1.807) is 36.4 Å². The first-order chi connectivity index (χ1) is 13.4. The normalized spacial score (nSPS) is 16.9. The van der Waals surface area contributed by atoms with Crippen molar-refractivity contribution in [3.63, 3.8) is 0 Å².